The summed E-state index contributed by atoms with van der Waals surface area (Å²) >= 11 is 3.33. The minimum absolute atomic E-state index is 0.143. The zero-order chi connectivity index (χ0) is 21.0. The number of halogens is 4. The molecule has 0 N–H and O–H groups in total. The van der Waals surface area contributed by atoms with Gasteiger partial charge in [0, 0.05) is 10.9 Å². The van der Waals surface area contributed by atoms with Crippen LogP contribution in [0.25, 0.3) is 11.1 Å². The van der Waals surface area contributed by atoms with E-state index in [-0.39, 0.29) is 5.75 Å². The number of hydrogen-bond acceptors (Lipinski definition) is 3. The van der Waals surface area contributed by atoms with E-state index >= 15 is 0 Å². The Kier molecular flexibility index (Phi) is 6.21. The summed E-state index contributed by atoms with van der Waals surface area (Å²) in [5, 5.41) is 18.6. The summed E-state index contributed by atoms with van der Waals surface area (Å²) in [7, 11) is 0. The van der Waals surface area contributed by atoms with E-state index in [2.05, 4.69) is 15.9 Å². The summed E-state index contributed by atoms with van der Waals surface area (Å²) in [6.07, 6.45) is 0.475. The number of benzene rings is 3. The molecule has 3 aromatic rings. The highest BCUT2D eigenvalue weighted by molar-refractivity contribution is 9.09. The van der Waals surface area contributed by atoms with Crippen LogP contribution in [-0.2, 0) is 6.42 Å². The highest BCUT2D eigenvalue weighted by atomic mass is 79.9. The van der Waals surface area contributed by atoms with E-state index in [0.717, 1.165) is 5.56 Å². The van der Waals surface area contributed by atoms with Gasteiger partial charge in [0.05, 0.1) is 0 Å². The lowest BCUT2D eigenvalue weighted by molar-refractivity contribution is 0.383. The molecule has 0 aliphatic carbocycles. The topological polar surface area (TPSA) is 56.8 Å². The summed E-state index contributed by atoms with van der Waals surface area (Å²) in [5.41, 5.74) is 0.0123. The number of para-hydroxylation sites is 1. The maximum absolute atomic E-state index is 14.8. The minimum atomic E-state index is -1.66. The van der Waals surface area contributed by atoms with Crippen LogP contribution in [0, 0.1) is 40.1 Å². The number of alkyl halides is 1. The van der Waals surface area contributed by atoms with E-state index in [4.69, 9.17) is 15.3 Å². The van der Waals surface area contributed by atoms with Crippen molar-refractivity contribution in [1.82, 2.24) is 0 Å². The summed E-state index contributed by atoms with van der Waals surface area (Å²) in [6.45, 7) is 0. The molecule has 0 aliphatic rings. The summed E-state index contributed by atoms with van der Waals surface area (Å²) in [4.78, 5) is 0. The molecule has 0 atom stereocenters. The molecule has 0 amide bonds. The Hall–Kier alpha value is -3.29. The van der Waals surface area contributed by atoms with Crippen LogP contribution in [0.5, 0.6) is 11.5 Å². The molecule has 3 aromatic carbocycles. The molecule has 7 heteroatoms. The van der Waals surface area contributed by atoms with Crippen LogP contribution in [-0.4, -0.2) is 5.33 Å². The van der Waals surface area contributed by atoms with Gasteiger partial charge < -0.3 is 4.74 Å². The number of rotatable bonds is 5. The molecule has 3 rings (SSSR count). The fraction of sp³-hybridized carbons (Fsp3) is 0.0909. The van der Waals surface area contributed by atoms with Crippen molar-refractivity contribution in [1.29, 1.82) is 10.5 Å². The van der Waals surface area contributed by atoms with E-state index in [1.54, 1.807) is 42.5 Å². The Bertz CT molecular complexity index is 1150. The predicted molar refractivity (Wildman–Crippen MR) is 105 cm³/mol. The Morgan fingerprint density at radius 1 is 0.793 bits per heavy atom. The molecule has 29 heavy (non-hydrogen) atoms. The quantitative estimate of drug-likeness (QED) is 0.337. The molecule has 0 aromatic heterocycles. The first kappa shape index (κ1) is 20.4. The Morgan fingerprint density at radius 3 is 2.07 bits per heavy atom. The highest BCUT2D eigenvalue weighted by Gasteiger charge is 2.28. The third-order valence-corrected chi connectivity index (χ3v) is 4.65. The Morgan fingerprint density at radius 2 is 1.45 bits per heavy atom. The SMILES string of the molecule is N#Cc1c(F)c(F)c(Oc2c(CCBr)cccc2-c2ccccc2)c(F)c1C#N. The van der Waals surface area contributed by atoms with Gasteiger partial charge in [0.1, 0.15) is 29.0 Å². The van der Waals surface area contributed by atoms with Crippen LogP contribution >= 0.6 is 15.9 Å². The van der Waals surface area contributed by atoms with Gasteiger partial charge in [-0.2, -0.15) is 14.9 Å². The molecule has 0 saturated carbocycles. The van der Waals surface area contributed by atoms with Crippen LogP contribution in [0.4, 0.5) is 13.2 Å². The van der Waals surface area contributed by atoms with Crippen molar-refractivity contribution >= 4 is 15.9 Å². The molecule has 0 heterocycles. The van der Waals surface area contributed by atoms with Crippen LogP contribution in [0.1, 0.15) is 16.7 Å². The zero-order valence-corrected chi connectivity index (χ0v) is 16.4. The molecule has 0 fully saturated rings. The third-order valence-electron chi connectivity index (χ3n) is 4.25. The Balaban J connectivity index is 2.25. The van der Waals surface area contributed by atoms with Gasteiger partial charge in [-0.1, -0.05) is 64.5 Å². The van der Waals surface area contributed by atoms with Gasteiger partial charge >= 0.3 is 0 Å². The van der Waals surface area contributed by atoms with Crippen molar-refractivity contribution < 1.29 is 17.9 Å². The minimum Gasteiger partial charge on any atom is -0.450 e. The van der Waals surface area contributed by atoms with Gasteiger partial charge in [-0.15, -0.1) is 0 Å². The first-order valence-electron chi connectivity index (χ1n) is 8.45. The first-order valence-corrected chi connectivity index (χ1v) is 9.57. The van der Waals surface area contributed by atoms with Crippen LogP contribution < -0.4 is 4.74 Å². The molecular weight excluding hydrogens is 445 g/mol. The summed E-state index contributed by atoms with van der Waals surface area (Å²) < 4.78 is 49.2. The fourth-order valence-electron chi connectivity index (χ4n) is 2.89. The molecule has 0 bridgehead atoms. The fourth-order valence-corrected chi connectivity index (χ4v) is 3.32. The van der Waals surface area contributed by atoms with E-state index in [9.17, 15) is 13.2 Å². The van der Waals surface area contributed by atoms with Crippen molar-refractivity contribution in [3.8, 4) is 34.8 Å². The van der Waals surface area contributed by atoms with E-state index in [1.807, 2.05) is 6.07 Å². The van der Waals surface area contributed by atoms with E-state index < -0.39 is 34.3 Å². The normalized spacial score (nSPS) is 10.3. The second kappa shape index (κ2) is 8.81. The maximum Gasteiger partial charge on any atom is 0.205 e. The lowest BCUT2D eigenvalue weighted by Crippen LogP contribution is -2.05. The van der Waals surface area contributed by atoms with Crippen molar-refractivity contribution in [2.24, 2.45) is 0 Å². The number of hydrogen-bond donors (Lipinski definition) is 0. The van der Waals surface area contributed by atoms with Crippen molar-refractivity contribution in [2.75, 3.05) is 5.33 Å². The number of ether oxygens (including phenoxy) is 1. The molecule has 0 unspecified atom stereocenters. The summed E-state index contributed by atoms with van der Waals surface area (Å²) in [5.74, 6) is -5.62. The van der Waals surface area contributed by atoms with Gasteiger partial charge in [0.15, 0.2) is 11.6 Å². The van der Waals surface area contributed by atoms with Crippen molar-refractivity contribution in [3.05, 3.63) is 82.7 Å². The van der Waals surface area contributed by atoms with E-state index in [1.165, 1.54) is 12.1 Å². The maximum atomic E-state index is 14.8. The second-order valence-electron chi connectivity index (χ2n) is 5.95. The molecule has 0 radical (unpaired) electrons. The zero-order valence-electron chi connectivity index (χ0n) is 14.8. The van der Waals surface area contributed by atoms with Crippen LogP contribution in [0.3, 0.4) is 0 Å². The van der Waals surface area contributed by atoms with Gasteiger partial charge in [0.2, 0.25) is 11.6 Å². The van der Waals surface area contributed by atoms with Crippen LogP contribution in [0.15, 0.2) is 48.5 Å². The highest BCUT2D eigenvalue weighted by Crippen LogP contribution is 2.40. The van der Waals surface area contributed by atoms with Crippen molar-refractivity contribution in [2.45, 2.75) is 6.42 Å². The number of aryl methyl sites for hydroxylation is 1. The number of nitrogens with zero attached hydrogens (tertiary/aromatic N) is 2. The Labute approximate surface area is 173 Å². The second-order valence-corrected chi connectivity index (χ2v) is 6.74. The molecule has 0 aliphatic heterocycles. The summed E-state index contributed by atoms with van der Waals surface area (Å²) in [6, 6.07) is 17.0. The molecule has 0 spiro atoms. The monoisotopic (exact) mass is 456 g/mol. The van der Waals surface area contributed by atoms with Gasteiger partial charge in [-0.3, -0.25) is 0 Å². The van der Waals surface area contributed by atoms with Gasteiger partial charge in [0.25, 0.3) is 0 Å². The molecule has 0 saturated heterocycles. The van der Waals surface area contributed by atoms with Gasteiger partial charge in [-0.25, -0.2) is 8.78 Å². The van der Waals surface area contributed by atoms with Crippen LogP contribution in [0.2, 0.25) is 0 Å². The smallest absolute Gasteiger partial charge is 0.205 e. The average molecular weight is 457 g/mol. The van der Waals surface area contributed by atoms with Crippen molar-refractivity contribution in [3.63, 3.8) is 0 Å². The lowest BCUT2D eigenvalue weighted by Gasteiger charge is -2.17. The van der Waals surface area contributed by atoms with Gasteiger partial charge in [-0.05, 0) is 17.5 Å². The third kappa shape index (κ3) is 3.83. The van der Waals surface area contributed by atoms with E-state index in [0.29, 0.717) is 22.9 Å². The standard InChI is InChI=1S/C22H12BrF3N2O/c23-10-9-14-7-4-8-15(13-5-2-1-3-6-13)21(14)29-22-19(25)17(12-28)16(11-27)18(24)20(22)26/h1-8H,9-10H2. The predicted octanol–water partition coefficient (Wildman–Crippen LogP) is 6.24. The number of nitriles is 2. The molecular formula is C22H12BrF3N2O. The first-order chi connectivity index (χ1) is 14.0. The molecule has 3 nitrogen and oxygen atoms in total. The average Bonchev–Trinajstić information content (AvgIpc) is 2.75. The lowest BCUT2D eigenvalue weighted by atomic mass is 10.00. The molecule has 144 valence electrons. The largest absolute Gasteiger partial charge is 0.450 e.